The summed E-state index contributed by atoms with van der Waals surface area (Å²) in [5.41, 5.74) is 1.23. The van der Waals surface area contributed by atoms with Crippen LogP contribution in [0.25, 0.3) is 0 Å². The Morgan fingerprint density at radius 2 is 2.06 bits per heavy atom. The van der Waals surface area contributed by atoms with E-state index >= 15 is 0 Å². The summed E-state index contributed by atoms with van der Waals surface area (Å²) >= 11 is 0. The number of rotatable bonds is 4. The lowest BCUT2D eigenvalue weighted by Gasteiger charge is -2.26. The van der Waals surface area contributed by atoms with Gasteiger partial charge in [0.2, 0.25) is 0 Å². The number of aromatic nitrogens is 3. The second-order valence-corrected chi connectivity index (χ2v) is 5.07. The molecule has 2 rings (SSSR count). The van der Waals surface area contributed by atoms with Gasteiger partial charge in [-0.25, -0.2) is 0 Å². The predicted molar refractivity (Wildman–Crippen MR) is 68.6 cm³/mol. The summed E-state index contributed by atoms with van der Waals surface area (Å²) in [6.45, 7) is 3.18. The van der Waals surface area contributed by atoms with Crippen LogP contribution in [0.2, 0.25) is 0 Å². The van der Waals surface area contributed by atoms with Crippen LogP contribution in [-0.2, 0) is 7.05 Å². The smallest absolute Gasteiger partial charge is 0.0756 e. The van der Waals surface area contributed by atoms with Gasteiger partial charge in [-0.05, 0) is 25.3 Å². The molecule has 1 aliphatic carbocycles. The fraction of sp³-hybridized carbons (Fsp3) is 0.846. The molecular formula is C13H24N4. The van der Waals surface area contributed by atoms with Crippen LogP contribution in [0.4, 0.5) is 0 Å². The Bertz CT molecular complexity index is 326. The molecule has 1 aromatic heterocycles. The molecule has 96 valence electrons. The van der Waals surface area contributed by atoms with E-state index in [9.17, 15) is 0 Å². The van der Waals surface area contributed by atoms with Crippen LogP contribution in [0.15, 0.2) is 6.20 Å². The first kappa shape index (κ1) is 12.6. The molecule has 1 unspecified atom stereocenters. The molecule has 1 fully saturated rings. The molecular weight excluding hydrogens is 212 g/mol. The first-order chi connectivity index (χ1) is 8.33. The molecule has 1 aliphatic rings. The maximum absolute atomic E-state index is 4.06. The first-order valence-corrected chi connectivity index (χ1v) is 6.91. The fourth-order valence-corrected chi connectivity index (χ4v) is 2.96. The summed E-state index contributed by atoms with van der Waals surface area (Å²) in [4.78, 5) is 0. The van der Waals surface area contributed by atoms with E-state index in [1.54, 1.807) is 0 Å². The van der Waals surface area contributed by atoms with Gasteiger partial charge in [-0.15, -0.1) is 5.10 Å². The Labute approximate surface area is 104 Å². The van der Waals surface area contributed by atoms with Gasteiger partial charge in [0, 0.05) is 7.05 Å². The van der Waals surface area contributed by atoms with Crippen LogP contribution >= 0.6 is 0 Å². The number of nitrogens with one attached hydrogen (secondary N) is 1. The second kappa shape index (κ2) is 6.15. The predicted octanol–water partition coefficient (Wildman–Crippen LogP) is 2.44. The van der Waals surface area contributed by atoms with Crippen molar-refractivity contribution in [3.63, 3.8) is 0 Å². The van der Waals surface area contributed by atoms with Crippen molar-refractivity contribution in [2.24, 2.45) is 13.0 Å². The maximum atomic E-state index is 4.06. The van der Waals surface area contributed by atoms with Crippen molar-refractivity contribution in [3.05, 3.63) is 11.9 Å². The molecule has 4 heteroatoms. The highest BCUT2D eigenvalue weighted by molar-refractivity contribution is 5.04. The van der Waals surface area contributed by atoms with E-state index in [1.165, 1.54) is 44.2 Å². The SMILES string of the molecule is CCNC(c1cnnn1C)C1CCCCCC1. The molecule has 1 heterocycles. The highest BCUT2D eigenvalue weighted by Gasteiger charge is 2.25. The summed E-state index contributed by atoms with van der Waals surface area (Å²) in [7, 11) is 1.99. The summed E-state index contributed by atoms with van der Waals surface area (Å²) in [5, 5.41) is 11.7. The number of aryl methyl sites for hydroxylation is 1. The average Bonchev–Trinajstić information content (AvgIpc) is 2.60. The van der Waals surface area contributed by atoms with Crippen molar-refractivity contribution in [2.75, 3.05) is 6.54 Å². The highest BCUT2D eigenvalue weighted by atomic mass is 15.4. The fourth-order valence-electron chi connectivity index (χ4n) is 2.96. The van der Waals surface area contributed by atoms with E-state index in [1.807, 2.05) is 17.9 Å². The molecule has 1 saturated carbocycles. The van der Waals surface area contributed by atoms with E-state index in [4.69, 9.17) is 0 Å². The van der Waals surface area contributed by atoms with Gasteiger partial charge < -0.3 is 5.32 Å². The third-order valence-corrected chi connectivity index (χ3v) is 3.86. The van der Waals surface area contributed by atoms with Crippen LogP contribution in [-0.4, -0.2) is 21.5 Å². The Morgan fingerprint density at radius 1 is 1.35 bits per heavy atom. The molecule has 1 aromatic rings. The van der Waals surface area contributed by atoms with Gasteiger partial charge in [-0.3, -0.25) is 4.68 Å². The molecule has 0 aromatic carbocycles. The minimum Gasteiger partial charge on any atom is -0.309 e. The molecule has 1 N–H and O–H groups in total. The van der Waals surface area contributed by atoms with Crippen molar-refractivity contribution in [1.29, 1.82) is 0 Å². The van der Waals surface area contributed by atoms with E-state index in [0.717, 1.165) is 12.5 Å². The number of hydrogen-bond donors (Lipinski definition) is 1. The van der Waals surface area contributed by atoms with Crippen molar-refractivity contribution < 1.29 is 0 Å². The van der Waals surface area contributed by atoms with Gasteiger partial charge in [0.15, 0.2) is 0 Å². The van der Waals surface area contributed by atoms with Crippen LogP contribution < -0.4 is 5.32 Å². The lowest BCUT2D eigenvalue weighted by molar-refractivity contribution is 0.316. The van der Waals surface area contributed by atoms with Crippen LogP contribution in [0.3, 0.4) is 0 Å². The molecule has 0 radical (unpaired) electrons. The molecule has 0 amide bonds. The molecule has 4 nitrogen and oxygen atoms in total. The van der Waals surface area contributed by atoms with Gasteiger partial charge in [-0.2, -0.15) is 0 Å². The summed E-state index contributed by atoms with van der Waals surface area (Å²) < 4.78 is 1.91. The second-order valence-electron chi connectivity index (χ2n) is 5.07. The van der Waals surface area contributed by atoms with Crippen molar-refractivity contribution in [3.8, 4) is 0 Å². The summed E-state index contributed by atoms with van der Waals surface area (Å²) in [6, 6.07) is 0.429. The Hall–Kier alpha value is -0.900. The molecule has 17 heavy (non-hydrogen) atoms. The van der Waals surface area contributed by atoms with E-state index in [2.05, 4.69) is 22.6 Å². The lowest BCUT2D eigenvalue weighted by Crippen LogP contribution is -2.30. The van der Waals surface area contributed by atoms with E-state index < -0.39 is 0 Å². The zero-order chi connectivity index (χ0) is 12.1. The Balaban J connectivity index is 2.13. The van der Waals surface area contributed by atoms with E-state index in [0.29, 0.717) is 6.04 Å². The zero-order valence-electron chi connectivity index (χ0n) is 11.0. The van der Waals surface area contributed by atoms with Crippen molar-refractivity contribution in [2.45, 2.75) is 51.5 Å². The van der Waals surface area contributed by atoms with Crippen LogP contribution in [0, 0.1) is 5.92 Å². The van der Waals surface area contributed by atoms with E-state index in [-0.39, 0.29) is 0 Å². The number of hydrogen-bond acceptors (Lipinski definition) is 3. The third kappa shape index (κ3) is 3.06. The van der Waals surface area contributed by atoms with Crippen molar-refractivity contribution in [1.82, 2.24) is 20.3 Å². The minimum atomic E-state index is 0.429. The molecule has 1 atom stereocenters. The summed E-state index contributed by atoms with van der Waals surface area (Å²) in [5.74, 6) is 0.745. The number of nitrogens with zero attached hydrogens (tertiary/aromatic N) is 3. The Morgan fingerprint density at radius 3 is 2.59 bits per heavy atom. The van der Waals surface area contributed by atoms with Crippen LogP contribution in [0.5, 0.6) is 0 Å². The van der Waals surface area contributed by atoms with Gasteiger partial charge in [0.25, 0.3) is 0 Å². The monoisotopic (exact) mass is 236 g/mol. The topological polar surface area (TPSA) is 42.7 Å². The molecule has 0 spiro atoms. The molecule has 0 aliphatic heterocycles. The lowest BCUT2D eigenvalue weighted by atomic mass is 9.90. The quantitative estimate of drug-likeness (QED) is 0.816. The average molecular weight is 236 g/mol. The van der Waals surface area contributed by atoms with Crippen molar-refractivity contribution >= 4 is 0 Å². The standard InChI is InChI=1S/C13H24N4/c1-3-14-13(12-10-15-16-17(12)2)11-8-6-4-5-7-9-11/h10-11,13-14H,3-9H2,1-2H3. The molecule has 0 saturated heterocycles. The normalized spacial score (nSPS) is 20.1. The third-order valence-electron chi connectivity index (χ3n) is 3.86. The highest BCUT2D eigenvalue weighted by Crippen LogP contribution is 2.32. The van der Waals surface area contributed by atoms with Gasteiger partial charge in [0.1, 0.15) is 0 Å². The first-order valence-electron chi connectivity index (χ1n) is 6.91. The van der Waals surface area contributed by atoms with Gasteiger partial charge in [0.05, 0.1) is 17.9 Å². The molecule has 0 bridgehead atoms. The zero-order valence-corrected chi connectivity index (χ0v) is 11.0. The summed E-state index contributed by atoms with van der Waals surface area (Å²) in [6.07, 6.45) is 10.1. The van der Waals surface area contributed by atoms with Gasteiger partial charge >= 0.3 is 0 Å². The Kier molecular flexibility index (Phi) is 4.54. The van der Waals surface area contributed by atoms with Gasteiger partial charge in [-0.1, -0.05) is 37.8 Å². The maximum Gasteiger partial charge on any atom is 0.0756 e. The minimum absolute atomic E-state index is 0.429. The van der Waals surface area contributed by atoms with Crippen LogP contribution in [0.1, 0.15) is 57.2 Å². The largest absolute Gasteiger partial charge is 0.309 e.